The largest absolute Gasteiger partial charge is 0.465 e. The first-order valence-electron chi connectivity index (χ1n) is 6.73. The van der Waals surface area contributed by atoms with Gasteiger partial charge in [0.2, 0.25) is 11.9 Å². The zero-order chi connectivity index (χ0) is 16.2. The third-order valence-corrected chi connectivity index (χ3v) is 3.36. The fourth-order valence-corrected chi connectivity index (χ4v) is 2.12. The molecule has 0 saturated heterocycles. The summed E-state index contributed by atoms with van der Waals surface area (Å²) in [5.74, 6) is -0.876. The van der Waals surface area contributed by atoms with Crippen molar-refractivity contribution in [2.75, 3.05) is 0 Å². The molecule has 0 radical (unpaired) electrons. The minimum atomic E-state index is -1.22. The topological polar surface area (TPSA) is 69.7 Å². The number of hydrogen-bond donors (Lipinski definition) is 0. The van der Waals surface area contributed by atoms with Crippen molar-refractivity contribution in [1.29, 1.82) is 0 Å². The molecule has 0 aliphatic heterocycles. The van der Waals surface area contributed by atoms with Crippen LogP contribution in [0.1, 0.15) is 32.8 Å². The van der Waals surface area contributed by atoms with E-state index in [2.05, 4.69) is 0 Å². The number of benzene rings is 1. The van der Waals surface area contributed by atoms with Crippen LogP contribution in [0, 0.1) is 0 Å². The fraction of sp³-hybridized carbons (Fsp3) is 0.0588. The van der Waals surface area contributed by atoms with E-state index in [0.29, 0.717) is 5.02 Å². The Balaban J connectivity index is 1.86. The van der Waals surface area contributed by atoms with Crippen molar-refractivity contribution in [3.8, 4) is 0 Å². The molecule has 1 atom stereocenters. The molecule has 5 nitrogen and oxygen atoms in total. The van der Waals surface area contributed by atoms with Gasteiger partial charge in [0.05, 0.1) is 18.1 Å². The number of furan rings is 2. The summed E-state index contributed by atoms with van der Waals surface area (Å²) in [6.45, 7) is 0. The first-order chi connectivity index (χ1) is 11.1. The predicted octanol–water partition coefficient (Wildman–Crippen LogP) is 4.31. The van der Waals surface area contributed by atoms with Crippen LogP contribution in [0.5, 0.6) is 0 Å². The SMILES string of the molecule is O=C(OC(C(=O)c1ccco1)c1ccco1)c1ccc(Cl)cc1. The molecule has 1 unspecified atom stereocenters. The smallest absolute Gasteiger partial charge is 0.339 e. The molecule has 3 rings (SSSR count). The number of esters is 1. The Labute approximate surface area is 136 Å². The quantitative estimate of drug-likeness (QED) is 0.515. The summed E-state index contributed by atoms with van der Waals surface area (Å²) >= 11 is 5.79. The molecule has 0 fully saturated rings. The number of ether oxygens (including phenoxy) is 1. The Morgan fingerprint density at radius 2 is 1.65 bits per heavy atom. The lowest BCUT2D eigenvalue weighted by Gasteiger charge is -2.13. The highest BCUT2D eigenvalue weighted by atomic mass is 35.5. The molecule has 0 N–H and O–H groups in total. The Kier molecular flexibility index (Phi) is 4.30. The third-order valence-electron chi connectivity index (χ3n) is 3.11. The van der Waals surface area contributed by atoms with E-state index >= 15 is 0 Å². The first-order valence-corrected chi connectivity index (χ1v) is 7.10. The van der Waals surface area contributed by atoms with Gasteiger partial charge in [-0.15, -0.1) is 0 Å². The fourth-order valence-electron chi connectivity index (χ4n) is 1.99. The summed E-state index contributed by atoms with van der Waals surface area (Å²) in [5, 5.41) is 0.496. The summed E-state index contributed by atoms with van der Waals surface area (Å²) in [4.78, 5) is 24.7. The normalized spacial score (nSPS) is 11.9. The Hall–Kier alpha value is -2.79. The maximum absolute atomic E-state index is 12.5. The van der Waals surface area contributed by atoms with Crippen LogP contribution in [0.4, 0.5) is 0 Å². The molecule has 0 spiro atoms. The number of hydrogen-bond acceptors (Lipinski definition) is 5. The zero-order valence-corrected chi connectivity index (χ0v) is 12.5. The molecule has 1 aromatic carbocycles. The summed E-state index contributed by atoms with van der Waals surface area (Å²) in [6, 6.07) is 12.4. The lowest BCUT2D eigenvalue weighted by Crippen LogP contribution is -2.19. The van der Waals surface area contributed by atoms with E-state index in [9.17, 15) is 9.59 Å². The second-order valence-electron chi connectivity index (χ2n) is 4.65. The summed E-state index contributed by atoms with van der Waals surface area (Å²) in [7, 11) is 0. The van der Waals surface area contributed by atoms with Crippen molar-refractivity contribution >= 4 is 23.4 Å². The standard InChI is InChI=1S/C17H11ClO5/c18-12-7-5-11(6-8-12)17(20)23-16(14-4-2-10-22-14)15(19)13-3-1-9-21-13/h1-10,16H. The van der Waals surface area contributed by atoms with Gasteiger partial charge in [-0.1, -0.05) is 11.6 Å². The molecule has 0 bridgehead atoms. The average molecular weight is 331 g/mol. The Bertz CT molecular complexity index is 788. The molecule has 0 aliphatic carbocycles. The molecule has 0 aliphatic rings. The number of Topliss-reactive ketones (excluding diaryl/α,β-unsaturated/α-hetero) is 1. The van der Waals surface area contributed by atoms with Crippen LogP contribution in [-0.2, 0) is 4.74 Å². The van der Waals surface area contributed by atoms with Crippen LogP contribution in [0.2, 0.25) is 5.02 Å². The predicted molar refractivity (Wildman–Crippen MR) is 81.4 cm³/mol. The van der Waals surface area contributed by atoms with E-state index in [1.807, 2.05) is 0 Å². The molecular weight excluding hydrogens is 320 g/mol. The summed E-state index contributed by atoms with van der Waals surface area (Å²) in [6.07, 6.45) is 1.54. The Morgan fingerprint density at radius 1 is 0.957 bits per heavy atom. The number of ketones is 1. The minimum absolute atomic E-state index is 0.0790. The molecule has 116 valence electrons. The van der Waals surface area contributed by atoms with E-state index in [1.54, 1.807) is 30.3 Å². The first kappa shape index (κ1) is 15.1. The number of carbonyl (C=O) groups excluding carboxylic acids is 2. The van der Waals surface area contributed by atoms with Gasteiger partial charge in [0.25, 0.3) is 0 Å². The van der Waals surface area contributed by atoms with Crippen molar-refractivity contribution in [1.82, 2.24) is 0 Å². The van der Waals surface area contributed by atoms with Gasteiger partial charge in [0, 0.05) is 5.02 Å². The average Bonchev–Trinajstić information content (AvgIpc) is 3.25. The second-order valence-corrected chi connectivity index (χ2v) is 5.09. The van der Waals surface area contributed by atoms with Crippen molar-refractivity contribution < 1.29 is 23.2 Å². The number of halogens is 1. The van der Waals surface area contributed by atoms with Gasteiger partial charge in [-0.25, -0.2) is 4.79 Å². The van der Waals surface area contributed by atoms with Gasteiger partial charge in [-0.05, 0) is 48.5 Å². The maximum Gasteiger partial charge on any atom is 0.339 e. The van der Waals surface area contributed by atoms with Gasteiger partial charge in [0.15, 0.2) is 11.5 Å². The lowest BCUT2D eigenvalue weighted by atomic mass is 10.1. The molecular formula is C17H11ClO5. The highest BCUT2D eigenvalue weighted by Gasteiger charge is 2.30. The van der Waals surface area contributed by atoms with E-state index in [1.165, 1.54) is 30.7 Å². The highest BCUT2D eigenvalue weighted by molar-refractivity contribution is 6.30. The van der Waals surface area contributed by atoms with E-state index in [0.717, 1.165) is 0 Å². The zero-order valence-electron chi connectivity index (χ0n) is 11.8. The van der Waals surface area contributed by atoms with Crippen molar-refractivity contribution in [2.45, 2.75) is 6.10 Å². The molecule has 3 aromatic rings. The molecule has 6 heteroatoms. The highest BCUT2D eigenvalue weighted by Crippen LogP contribution is 2.25. The van der Waals surface area contributed by atoms with Crippen LogP contribution < -0.4 is 0 Å². The molecule has 0 saturated carbocycles. The van der Waals surface area contributed by atoms with Crippen molar-refractivity contribution in [2.24, 2.45) is 0 Å². The second kappa shape index (κ2) is 6.54. The van der Waals surface area contributed by atoms with Crippen LogP contribution in [0.15, 0.2) is 69.9 Å². The summed E-state index contributed by atoms with van der Waals surface area (Å²) in [5.41, 5.74) is 0.276. The van der Waals surface area contributed by atoms with Crippen molar-refractivity contribution in [3.05, 3.63) is 83.2 Å². The number of carbonyl (C=O) groups is 2. The Morgan fingerprint density at radius 3 is 2.26 bits per heavy atom. The molecule has 2 heterocycles. The molecule has 23 heavy (non-hydrogen) atoms. The van der Waals surface area contributed by atoms with E-state index in [4.69, 9.17) is 25.2 Å². The molecule has 2 aromatic heterocycles. The van der Waals surface area contributed by atoms with Crippen LogP contribution in [-0.4, -0.2) is 11.8 Å². The van der Waals surface area contributed by atoms with Gasteiger partial charge in [-0.2, -0.15) is 0 Å². The maximum atomic E-state index is 12.5. The van der Waals surface area contributed by atoms with Gasteiger partial charge >= 0.3 is 5.97 Å². The van der Waals surface area contributed by atoms with Crippen molar-refractivity contribution in [3.63, 3.8) is 0 Å². The van der Waals surface area contributed by atoms with Gasteiger partial charge in [0.1, 0.15) is 0 Å². The van der Waals surface area contributed by atoms with Crippen LogP contribution in [0.25, 0.3) is 0 Å². The van der Waals surface area contributed by atoms with Crippen LogP contribution >= 0.6 is 11.6 Å². The summed E-state index contributed by atoms with van der Waals surface area (Å²) < 4.78 is 15.6. The van der Waals surface area contributed by atoms with Gasteiger partial charge in [-0.3, -0.25) is 4.79 Å². The number of rotatable bonds is 5. The van der Waals surface area contributed by atoms with Gasteiger partial charge < -0.3 is 13.6 Å². The monoisotopic (exact) mass is 330 g/mol. The van der Waals surface area contributed by atoms with E-state index < -0.39 is 17.9 Å². The van der Waals surface area contributed by atoms with Crippen LogP contribution in [0.3, 0.4) is 0 Å². The third kappa shape index (κ3) is 3.35. The minimum Gasteiger partial charge on any atom is -0.465 e. The van der Waals surface area contributed by atoms with E-state index in [-0.39, 0.29) is 17.1 Å². The molecule has 0 amide bonds. The lowest BCUT2D eigenvalue weighted by molar-refractivity contribution is 0.0227.